The predicted octanol–water partition coefficient (Wildman–Crippen LogP) is 3.22. The van der Waals surface area contributed by atoms with Gasteiger partial charge in [-0.1, -0.05) is 29.3 Å². The van der Waals surface area contributed by atoms with Crippen molar-refractivity contribution in [2.24, 2.45) is 0 Å². The van der Waals surface area contributed by atoms with Gasteiger partial charge < -0.3 is 11.1 Å². The summed E-state index contributed by atoms with van der Waals surface area (Å²) in [6.45, 7) is 0. The fraction of sp³-hybridized carbons (Fsp3) is 0. The number of anilines is 2. The van der Waals surface area contributed by atoms with Crippen LogP contribution in [0.3, 0.4) is 0 Å². The molecule has 2 aromatic rings. The number of amides is 1. The fourth-order valence-corrected chi connectivity index (χ4v) is 1.90. The second-order valence-electron chi connectivity index (χ2n) is 3.53. The van der Waals surface area contributed by atoms with E-state index >= 15 is 0 Å². The largest absolute Gasteiger partial charge is 0.398 e. The fourth-order valence-electron chi connectivity index (χ4n) is 1.45. The highest BCUT2D eigenvalue weighted by Gasteiger charge is 2.14. The molecule has 1 heterocycles. The van der Waals surface area contributed by atoms with E-state index < -0.39 is 0 Å². The molecule has 1 aromatic carbocycles. The molecule has 0 saturated heterocycles. The maximum absolute atomic E-state index is 12.0. The summed E-state index contributed by atoms with van der Waals surface area (Å²) in [6, 6.07) is 8.05. The standard InChI is InChI=1S/C12H9Cl2N3O/c13-8-2-1-3-9(15)11(8)12(18)17-7-4-5-16-10(14)6-7/h1-6H,15H2,(H,16,17,18). The number of hydrogen-bond acceptors (Lipinski definition) is 3. The minimum absolute atomic E-state index is 0.243. The average molecular weight is 282 g/mol. The summed E-state index contributed by atoms with van der Waals surface area (Å²) >= 11 is 11.7. The number of halogens is 2. The van der Waals surface area contributed by atoms with Crippen LogP contribution in [0, 0.1) is 0 Å². The number of pyridine rings is 1. The number of nitrogens with one attached hydrogen (secondary N) is 1. The van der Waals surface area contributed by atoms with Crippen LogP contribution in [0.4, 0.5) is 11.4 Å². The van der Waals surface area contributed by atoms with E-state index in [4.69, 9.17) is 28.9 Å². The predicted molar refractivity (Wildman–Crippen MR) is 73.1 cm³/mol. The summed E-state index contributed by atoms with van der Waals surface area (Å²) < 4.78 is 0. The Kier molecular flexibility index (Phi) is 3.69. The molecule has 0 spiro atoms. The van der Waals surface area contributed by atoms with Crippen LogP contribution in [-0.4, -0.2) is 10.9 Å². The lowest BCUT2D eigenvalue weighted by atomic mass is 10.1. The van der Waals surface area contributed by atoms with E-state index in [2.05, 4.69) is 10.3 Å². The molecule has 92 valence electrons. The highest BCUT2D eigenvalue weighted by atomic mass is 35.5. The molecule has 0 unspecified atom stereocenters. The van der Waals surface area contributed by atoms with Crippen molar-refractivity contribution in [3.8, 4) is 0 Å². The van der Waals surface area contributed by atoms with E-state index in [9.17, 15) is 4.79 Å². The summed E-state index contributed by atoms with van der Waals surface area (Å²) in [5.41, 5.74) is 6.81. The number of aromatic nitrogens is 1. The Morgan fingerprint density at radius 3 is 2.72 bits per heavy atom. The van der Waals surface area contributed by atoms with Crippen molar-refractivity contribution >= 4 is 40.5 Å². The molecule has 0 saturated carbocycles. The van der Waals surface area contributed by atoms with Crippen molar-refractivity contribution in [2.45, 2.75) is 0 Å². The second kappa shape index (κ2) is 5.25. The Hall–Kier alpha value is -1.78. The highest BCUT2D eigenvalue weighted by Crippen LogP contribution is 2.23. The molecule has 1 amide bonds. The Balaban J connectivity index is 2.28. The monoisotopic (exact) mass is 281 g/mol. The van der Waals surface area contributed by atoms with Crippen molar-refractivity contribution in [3.05, 3.63) is 52.3 Å². The average Bonchev–Trinajstić information content (AvgIpc) is 2.28. The van der Waals surface area contributed by atoms with Crippen LogP contribution < -0.4 is 11.1 Å². The van der Waals surface area contributed by atoms with Crippen molar-refractivity contribution in [1.82, 2.24) is 4.98 Å². The zero-order valence-electron chi connectivity index (χ0n) is 9.15. The summed E-state index contributed by atoms with van der Waals surface area (Å²) in [6.07, 6.45) is 1.49. The molecule has 1 aromatic heterocycles. The van der Waals surface area contributed by atoms with Crippen LogP contribution in [0.5, 0.6) is 0 Å². The topological polar surface area (TPSA) is 68.0 Å². The van der Waals surface area contributed by atoms with E-state index in [1.165, 1.54) is 12.3 Å². The molecular weight excluding hydrogens is 273 g/mol. The third kappa shape index (κ3) is 2.72. The number of rotatable bonds is 2. The van der Waals surface area contributed by atoms with Gasteiger partial charge in [0.25, 0.3) is 5.91 Å². The van der Waals surface area contributed by atoms with Gasteiger partial charge in [-0.05, 0) is 24.3 Å². The van der Waals surface area contributed by atoms with E-state index in [0.29, 0.717) is 21.6 Å². The van der Waals surface area contributed by atoms with E-state index in [1.54, 1.807) is 24.3 Å². The van der Waals surface area contributed by atoms with Gasteiger partial charge in [-0.2, -0.15) is 0 Å². The number of carbonyl (C=O) groups excluding carboxylic acids is 1. The molecule has 0 bridgehead atoms. The molecule has 6 heteroatoms. The molecule has 0 aliphatic carbocycles. The van der Waals surface area contributed by atoms with Crippen LogP contribution in [-0.2, 0) is 0 Å². The SMILES string of the molecule is Nc1cccc(Cl)c1C(=O)Nc1ccnc(Cl)c1. The van der Waals surface area contributed by atoms with Gasteiger partial charge in [0.05, 0.1) is 10.6 Å². The first kappa shape index (κ1) is 12.7. The van der Waals surface area contributed by atoms with Gasteiger partial charge in [-0.25, -0.2) is 4.98 Å². The molecule has 3 N–H and O–H groups in total. The summed E-state index contributed by atoms with van der Waals surface area (Å²) in [7, 11) is 0. The lowest BCUT2D eigenvalue weighted by Crippen LogP contribution is -2.14. The van der Waals surface area contributed by atoms with Gasteiger partial charge in [0.2, 0.25) is 0 Å². The first-order valence-electron chi connectivity index (χ1n) is 5.05. The van der Waals surface area contributed by atoms with Crippen molar-refractivity contribution in [1.29, 1.82) is 0 Å². The summed E-state index contributed by atoms with van der Waals surface area (Å²) in [5, 5.41) is 3.24. The first-order valence-corrected chi connectivity index (χ1v) is 5.80. The number of hydrogen-bond donors (Lipinski definition) is 2. The molecule has 0 aliphatic heterocycles. The minimum Gasteiger partial charge on any atom is -0.398 e. The third-order valence-electron chi connectivity index (χ3n) is 2.26. The smallest absolute Gasteiger partial charge is 0.259 e. The lowest BCUT2D eigenvalue weighted by Gasteiger charge is -2.09. The molecule has 18 heavy (non-hydrogen) atoms. The molecule has 2 rings (SSSR count). The quantitative estimate of drug-likeness (QED) is 0.656. The van der Waals surface area contributed by atoms with Crippen molar-refractivity contribution in [2.75, 3.05) is 11.1 Å². The maximum Gasteiger partial charge on any atom is 0.259 e. The molecule has 0 fully saturated rings. The van der Waals surface area contributed by atoms with Crippen molar-refractivity contribution in [3.63, 3.8) is 0 Å². The normalized spacial score (nSPS) is 10.1. The van der Waals surface area contributed by atoms with Gasteiger partial charge in [0.1, 0.15) is 5.15 Å². The van der Waals surface area contributed by atoms with Crippen LogP contribution in [0.1, 0.15) is 10.4 Å². The first-order chi connectivity index (χ1) is 8.58. The highest BCUT2D eigenvalue weighted by molar-refractivity contribution is 6.35. The summed E-state index contributed by atoms with van der Waals surface area (Å²) in [5.74, 6) is -0.389. The molecular formula is C12H9Cl2N3O. The number of nitrogen functional groups attached to an aromatic ring is 1. The molecule has 4 nitrogen and oxygen atoms in total. The Labute approximate surface area is 114 Å². The third-order valence-corrected chi connectivity index (χ3v) is 2.78. The Morgan fingerprint density at radius 1 is 1.28 bits per heavy atom. The minimum atomic E-state index is -0.389. The van der Waals surface area contributed by atoms with Crippen LogP contribution in [0.15, 0.2) is 36.5 Å². The van der Waals surface area contributed by atoms with E-state index in [-0.39, 0.29) is 11.5 Å². The molecule has 0 radical (unpaired) electrons. The van der Waals surface area contributed by atoms with Gasteiger partial charge in [0.15, 0.2) is 0 Å². The van der Waals surface area contributed by atoms with E-state index in [1.807, 2.05) is 0 Å². The maximum atomic E-state index is 12.0. The van der Waals surface area contributed by atoms with Gasteiger partial charge >= 0.3 is 0 Å². The Bertz CT molecular complexity index is 581. The molecule has 0 atom stereocenters. The van der Waals surface area contributed by atoms with Crippen molar-refractivity contribution < 1.29 is 4.79 Å². The van der Waals surface area contributed by atoms with Gasteiger partial charge in [-0.15, -0.1) is 0 Å². The van der Waals surface area contributed by atoms with Crippen LogP contribution >= 0.6 is 23.2 Å². The lowest BCUT2D eigenvalue weighted by molar-refractivity contribution is 0.102. The number of benzene rings is 1. The van der Waals surface area contributed by atoms with Crippen LogP contribution in [0.25, 0.3) is 0 Å². The van der Waals surface area contributed by atoms with Gasteiger partial charge in [0, 0.05) is 17.6 Å². The zero-order chi connectivity index (χ0) is 13.1. The van der Waals surface area contributed by atoms with Gasteiger partial charge in [-0.3, -0.25) is 4.79 Å². The Morgan fingerprint density at radius 2 is 2.06 bits per heavy atom. The summed E-state index contributed by atoms with van der Waals surface area (Å²) in [4.78, 5) is 15.8. The second-order valence-corrected chi connectivity index (χ2v) is 4.32. The number of carbonyl (C=O) groups is 1. The number of nitrogens with two attached hydrogens (primary N) is 1. The van der Waals surface area contributed by atoms with E-state index in [0.717, 1.165) is 0 Å². The molecule has 0 aliphatic rings. The zero-order valence-corrected chi connectivity index (χ0v) is 10.7. The number of nitrogens with zero attached hydrogens (tertiary/aromatic N) is 1. The van der Waals surface area contributed by atoms with Crippen LogP contribution in [0.2, 0.25) is 10.2 Å².